The van der Waals surface area contributed by atoms with Crippen LogP contribution in [0.4, 0.5) is 14.5 Å². The van der Waals surface area contributed by atoms with Gasteiger partial charge in [0.15, 0.2) is 6.29 Å². The molecule has 3 atom stereocenters. The molecule has 0 bridgehead atoms. The van der Waals surface area contributed by atoms with Gasteiger partial charge in [-0.15, -0.1) is 0 Å². The predicted octanol–water partition coefficient (Wildman–Crippen LogP) is 6.84. The molecule has 2 aromatic heterocycles. The number of carbonyl (C=O) groups is 1. The van der Waals surface area contributed by atoms with Crippen molar-refractivity contribution in [2.75, 3.05) is 32.2 Å². The number of nitrogens with two attached hydrogens (primary N) is 1. The second kappa shape index (κ2) is 15.4. The summed E-state index contributed by atoms with van der Waals surface area (Å²) >= 11 is 0. The number of ether oxygens (including phenoxy) is 2. The van der Waals surface area contributed by atoms with Gasteiger partial charge >= 0.3 is 0 Å². The SMILES string of the molecule is CNc1cnccc1C1CC(N)CC(C(C)C)C1.Cc1cc(OCC2(C#N)CCOCC2)cc(F)c1-c1nc(C=O)ccc1F. The average molecular weight is 620 g/mol. The third-order valence-electron chi connectivity index (χ3n) is 8.98. The monoisotopic (exact) mass is 619 g/mol. The van der Waals surface area contributed by atoms with Crippen molar-refractivity contribution in [2.24, 2.45) is 23.0 Å². The van der Waals surface area contributed by atoms with Gasteiger partial charge in [0.05, 0.1) is 23.4 Å². The molecule has 1 aromatic carbocycles. The third-order valence-corrected chi connectivity index (χ3v) is 8.98. The van der Waals surface area contributed by atoms with Crippen LogP contribution in [0, 0.1) is 47.1 Å². The number of carbonyl (C=O) groups excluding carboxylic acids is 1. The van der Waals surface area contributed by atoms with E-state index in [1.807, 2.05) is 19.4 Å². The Balaban J connectivity index is 0.000000222. The number of nitriles is 1. The molecule has 0 amide bonds. The van der Waals surface area contributed by atoms with E-state index in [4.69, 9.17) is 15.2 Å². The second-order valence-electron chi connectivity index (χ2n) is 12.5. The second-order valence-corrected chi connectivity index (χ2v) is 12.5. The minimum absolute atomic E-state index is 0.0148. The molecule has 1 aliphatic carbocycles. The molecule has 2 aliphatic rings. The summed E-state index contributed by atoms with van der Waals surface area (Å²) in [5, 5.41) is 12.7. The smallest absolute Gasteiger partial charge is 0.168 e. The van der Waals surface area contributed by atoms with Crippen molar-refractivity contribution in [1.82, 2.24) is 9.97 Å². The number of aldehydes is 1. The van der Waals surface area contributed by atoms with Crippen LogP contribution in [0.1, 0.15) is 73.5 Å². The summed E-state index contributed by atoms with van der Waals surface area (Å²) in [6, 6.07) is 9.79. The van der Waals surface area contributed by atoms with E-state index in [0.29, 0.717) is 49.9 Å². The topological polar surface area (TPSA) is 123 Å². The van der Waals surface area contributed by atoms with Gasteiger partial charge in [-0.1, -0.05) is 13.8 Å². The van der Waals surface area contributed by atoms with E-state index in [0.717, 1.165) is 36.1 Å². The highest BCUT2D eigenvalue weighted by Crippen LogP contribution is 2.41. The van der Waals surface area contributed by atoms with Crippen LogP contribution in [0.2, 0.25) is 0 Å². The van der Waals surface area contributed by atoms with Crippen LogP contribution in [0.5, 0.6) is 5.75 Å². The number of aryl methyl sites for hydroxylation is 1. The number of anilines is 1. The molecule has 0 radical (unpaired) electrons. The molecule has 3 aromatic rings. The number of pyridine rings is 2. The van der Waals surface area contributed by atoms with E-state index >= 15 is 0 Å². The number of aromatic nitrogens is 2. The number of hydrogen-bond donors (Lipinski definition) is 2. The largest absolute Gasteiger partial charge is 0.492 e. The highest BCUT2D eigenvalue weighted by molar-refractivity contribution is 5.75. The molecule has 45 heavy (non-hydrogen) atoms. The van der Waals surface area contributed by atoms with Crippen molar-refractivity contribution in [3.8, 4) is 23.1 Å². The van der Waals surface area contributed by atoms with Crippen molar-refractivity contribution in [3.63, 3.8) is 0 Å². The Labute approximate surface area is 264 Å². The van der Waals surface area contributed by atoms with Crippen LogP contribution < -0.4 is 15.8 Å². The van der Waals surface area contributed by atoms with Gasteiger partial charge in [-0.05, 0) is 92.2 Å². The Kier molecular flexibility index (Phi) is 11.6. The Hall–Kier alpha value is -3.94. The zero-order valence-corrected chi connectivity index (χ0v) is 26.5. The standard InChI is InChI=1S/C20H18F2N2O3.C15H25N3/c1-13-8-15(27-12-20(11-23)4-6-26-7-5-20)9-17(22)18(13)19-16(21)3-2-14(10-25)24-19;1-10(2)11-6-12(8-13(16)7-11)14-4-5-18-9-15(14)17-3/h2-3,8-10H,4-7,12H2,1H3;4-5,9-13,17H,6-8,16H2,1-3H3. The third kappa shape index (κ3) is 8.41. The molecule has 1 saturated carbocycles. The summed E-state index contributed by atoms with van der Waals surface area (Å²) in [6.07, 6.45) is 8.91. The fraction of sp³-hybridized carbons (Fsp3) is 0.486. The quantitative estimate of drug-likeness (QED) is 0.263. The fourth-order valence-corrected chi connectivity index (χ4v) is 6.24. The molecule has 1 aliphatic heterocycles. The highest BCUT2D eigenvalue weighted by atomic mass is 19.1. The Bertz CT molecular complexity index is 1480. The Morgan fingerprint density at radius 1 is 1.18 bits per heavy atom. The summed E-state index contributed by atoms with van der Waals surface area (Å²) < 4.78 is 39.8. The molecule has 3 heterocycles. The molecule has 3 N–H and O–H groups in total. The van der Waals surface area contributed by atoms with Gasteiger partial charge in [0.25, 0.3) is 0 Å². The number of nitrogens with one attached hydrogen (secondary N) is 1. The lowest BCUT2D eigenvalue weighted by atomic mass is 9.72. The minimum Gasteiger partial charge on any atom is -0.492 e. The van der Waals surface area contributed by atoms with Gasteiger partial charge in [-0.3, -0.25) is 9.78 Å². The summed E-state index contributed by atoms with van der Waals surface area (Å²) in [4.78, 5) is 19.0. The van der Waals surface area contributed by atoms with Crippen LogP contribution in [-0.2, 0) is 4.74 Å². The number of halogens is 2. The molecule has 0 spiro atoms. The van der Waals surface area contributed by atoms with Gasteiger partial charge in [0.1, 0.15) is 35.4 Å². The maximum absolute atomic E-state index is 14.7. The van der Waals surface area contributed by atoms with Crippen LogP contribution in [0.3, 0.4) is 0 Å². The van der Waals surface area contributed by atoms with Crippen molar-refractivity contribution < 1.29 is 23.0 Å². The summed E-state index contributed by atoms with van der Waals surface area (Å²) in [5.41, 5.74) is 8.30. The van der Waals surface area contributed by atoms with Gasteiger partial charge < -0.3 is 20.5 Å². The van der Waals surface area contributed by atoms with Gasteiger partial charge in [0.2, 0.25) is 0 Å². The van der Waals surface area contributed by atoms with Crippen molar-refractivity contribution in [2.45, 2.75) is 64.8 Å². The fourth-order valence-electron chi connectivity index (χ4n) is 6.24. The van der Waals surface area contributed by atoms with E-state index in [9.17, 15) is 18.8 Å². The van der Waals surface area contributed by atoms with Crippen LogP contribution in [-0.4, -0.2) is 49.2 Å². The lowest BCUT2D eigenvalue weighted by molar-refractivity contribution is 0.0190. The number of rotatable bonds is 8. The zero-order valence-electron chi connectivity index (χ0n) is 26.5. The predicted molar refractivity (Wildman–Crippen MR) is 170 cm³/mol. The minimum atomic E-state index is -0.720. The first-order valence-corrected chi connectivity index (χ1v) is 15.5. The first kappa shape index (κ1) is 33.9. The van der Waals surface area contributed by atoms with E-state index in [2.05, 4.69) is 41.3 Å². The maximum Gasteiger partial charge on any atom is 0.168 e. The van der Waals surface area contributed by atoms with Crippen LogP contribution in [0.15, 0.2) is 42.7 Å². The number of benzene rings is 1. The average Bonchev–Trinajstić information content (AvgIpc) is 3.04. The molecular formula is C35H43F2N5O3. The molecule has 240 valence electrons. The summed E-state index contributed by atoms with van der Waals surface area (Å²) in [7, 11) is 1.96. The first-order valence-electron chi connectivity index (χ1n) is 15.5. The molecule has 10 heteroatoms. The van der Waals surface area contributed by atoms with E-state index in [-0.39, 0.29) is 29.3 Å². The highest BCUT2D eigenvalue weighted by Gasteiger charge is 2.34. The Morgan fingerprint density at radius 2 is 1.93 bits per heavy atom. The first-order chi connectivity index (χ1) is 21.6. The normalized spacial score (nSPS) is 20.8. The van der Waals surface area contributed by atoms with Crippen molar-refractivity contribution >= 4 is 12.0 Å². The molecule has 5 rings (SSSR count). The van der Waals surface area contributed by atoms with Crippen LogP contribution >= 0.6 is 0 Å². The lowest BCUT2D eigenvalue weighted by Gasteiger charge is -2.36. The van der Waals surface area contributed by atoms with Gasteiger partial charge in [-0.2, -0.15) is 5.26 Å². The lowest BCUT2D eigenvalue weighted by Crippen LogP contribution is -2.34. The van der Waals surface area contributed by atoms with Gasteiger partial charge in [-0.25, -0.2) is 13.8 Å². The summed E-state index contributed by atoms with van der Waals surface area (Å²) in [6.45, 7) is 7.33. The number of nitrogens with zero attached hydrogens (tertiary/aromatic N) is 3. The maximum atomic E-state index is 14.7. The van der Waals surface area contributed by atoms with Crippen molar-refractivity contribution in [3.05, 3.63) is 71.2 Å². The molecule has 1 saturated heterocycles. The zero-order chi connectivity index (χ0) is 32.6. The molecule has 8 nitrogen and oxygen atoms in total. The molecular weight excluding hydrogens is 576 g/mol. The van der Waals surface area contributed by atoms with Gasteiger partial charge in [0, 0.05) is 44.1 Å². The Morgan fingerprint density at radius 3 is 2.58 bits per heavy atom. The van der Waals surface area contributed by atoms with E-state index in [1.165, 1.54) is 24.5 Å². The van der Waals surface area contributed by atoms with Crippen molar-refractivity contribution in [1.29, 1.82) is 5.26 Å². The number of hydrogen-bond acceptors (Lipinski definition) is 8. The molecule has 2 fully saturated rings. The van der Waals surface area contributed by atoms with E-state index < -0.39 is 17.0 Å². The molecule has 3 unspecified atom stereocenters. The summed E-state index contributed by atoms with van der Waals surface area (Å²) in [5.74, 6) is 0.864. The van der Waals surface area contributed by atoms with Crippen LogP contribution in [0.25, 0.3) is 11.3 Å². The van der Waals surface area contributed by atoms with E-state index in [1.54, 1.807) is 13.0 Å².